The maximum absolute atomic E-state index is 12.4. The van der Waals surface area contributed by atoms with Crippen LogP contribution in [0.5, 0.6) is 17.2 Å². The molecule has 0 aromatic heterocycles. The number of likely N-dealkylation sites (tertiary alicyclic amines) is 1. The van der Waals surface area contributed by atoms with Crippen LogP contribution < -0.4 is 14.2 Å². The first-order chi connectivity index (χ1) is 18.2. The van der Waals surface area contributed by atoms with Crippen LogP contribution in [0, 0.1) is 5.92 Å². The van der Waals surface area contributed by atoms with Crippen molar-refractivity contribution in [1.29, 1.82) is 0 Å². The zero-order valence-corrected chi connectivity index (χ0v) is 22.8. The predicted octanol–water partition coefficient (Wildman–Crippen LogP) is 5.33. The molecular formula is C30H38N2O6. The molecule has 5 rings (SSSR count). The molecule has 204 valence electrons. The molecule has 1 aliphatic carbocycles. The predicted molar refractivity (Wildman–Crippen MR) is 143 cm³/mol. The van der Waals surface area contributed by atoms with Crippen molar-refractivity contribution in [3.8, 4) is 17.2 Å². The average molecular weight is 523 g/mol. The molecule has 1 aromatic carbocycles. The number of allylic oxidation sites excluding steroid dienone is 5. The van der Waals surface area contributed by atoms with Crippen molar-refractivity contribution < 1.29 is 28.5 Å². The van der Waals surface area contributed by atoms with Gasteiger partial charge in [-0.1, -0.05) is 18.2 Å². The van der Waals surface area contributed by atoms with Gasteiger partial charge < -0.3 is 28.7 Å². The maximum atomic E-state index is 12.4. The van der Waals surface area contributed by atoms with E-state index in [1.54, 1.807) is 4.90 Å². The molecule has 0 bridgehead atoms. The fraction of sp³-hybridized carbons (Fsp3) is 0.533. The van der Waals surface area contributed by atoms with Gasteiger partial charge in [-0.15, -0.1) is 0 Å². The number of carbonyl (C=O) groups is 2. The van der Waals surface area contributed by atoms with Crippen molar-refractivity contribution >= 4 is 12.5 Å². The number of benzene rings is 1. The van der Waals surface area contributed by atoms with E-state index in [2.05, 4.69) is 19.1 Å². The van der Waals surface area contributed by atoms with E-state index in [4.69, 9.17) is 18.9 Å². The Kier molecular flexibility index (Phi) is 7.16. The van der Waals surface area contributed by atoms with Gasteiger partial charge in [-0.25, -0.2) is 4.79 Å². The van der Waals surface area contributed by atoms with Crippen LogP contribution in [-0.2, 0) is 14.9 Å². The van der Waals surface area contributed by atoms with E-state index in [0.717, 1.165) is 60.4 Å². The normalized spacial score (nSPS) is 22.7. The minimum atomic E-state index is -0.493. The van der Waals surface area contributed by atoms with Gasteiger partial charge in [-0.05, 0) is 77.0 Å². The number of rotatable bonds is 6. The Morgan fingerprint density at radius 2 is 1.89 bits per heavy atom. The van der Waals surface area contributed by atoms with Crippen LogP contribution in [0.15, 0.2) is 47.7 Å². The summed E-state index contributed by atoms with van der Waals surface area (Å²) < 4.78 is 22.9. The highest BCUT2D eigenvalue weighted by Crippen LogP contribution is 2.51. The number of hydrogen-bond donors (Lipinski definition) is 0. The van der Waals surface area contributed by atoms with Crippen LogP contribution in [0.25, 0.3) is 0 Å². The SMILES string of the molecule is CC(C)(C)OC(=O)N1CCC(CCN(C=O)C2=CC=CCC=C2C2(C)COc3cc4c(cc32)OCO4)CC1. The molecule has 38 heavy (non-hydrogen) atoms. The third kappa shape index (κ3) is 5.26. The van der Waals surface area contributed by atoms with Gasteiger partial charge in [0.05, 0.1) is 5.41 Å². The average Bonchev–Trinajstić information content (AvgIpc) is 3.38. The third-order valence-electron chi connectivity index (χ3n) is 7.79. The Balaban J connectivity index is 1.27. The van der Waals surface area contributed by atoms with Crippen molar-refractivity contribution in [3.63, 3.8) is 0 Å². The summed E-state index contributed by atoms with van der Waals surface area (Å²) in [6, 6.07) is 3.92. The van der Waals surface area contributed by atoms with Crippen molar-refractivity contribution in [3.05, 3.63) is 53.3 Å². The van der Waals surface area contributed by atoms with Crippen molar-refractivity contribution in [1.82, 2.24) is 9.80 Å². The first-order valence-corrected chi connectivity index (χ1v) is 13.5. The monoisotopic (exact) mass is 522 g/mol. The molecule has 1 aromatic rings. The van der Waals surface area contributed by atoms with Gasteiger partial charge in [0.25, 0.3) is 0 Å². The summed E-state index contributed by atoms with van der Waals surface area (Å²) in [7, 11) is 0. The van der Waals surface area contributed by atoms with Gasteiger partial charge in [-0.2, -0.15) is 0 Å². The molecule has 1 fully saturated rings. The molecule has 3 aliphatic heterocycles. The Bertz CT molecular complexity index is 1170. The minimum Gasteiger partial charge on any atom is -0.492 e. The second kappa shape index (κ2) is 10.4. The van der Waals surface area contributed by atoms with E-state index in [1.807, 2.05) is 50.0 Å². The van der Waals surface area contributed by atoms with E-state index in [-0.39, 0.29) is 12.9 Å². The fourth-order valence-electron chi connectivity index (χ4n) is 5.66. The highest BCUT2D eigenvalue weighted by atomic mass is 16.7. The molecule has 8 heteroatoms. The van der Waals surface area contributed by atoms with Crippen LogP contribution in [0.1, 0.15) is 58.9 Å². The summed E-state index contributed by atoms with van der Waals surface area (Å²) >= 11 is 0. The fourth-order valence-corrected chi connectivity index (χ4v) is 5.66. The smallest absolute Gasteiger partial charge is 0.410 e. The van der Waals surface area contributed by atoms with E-state index >= 15 is 0 Å². The number of piperidine rings is 1. The van der Waals surface area contributed by atoms with Crippen LogP contribution >= 0.6 is 0 Å². The van der Waals surface area contributed by atoms with Gasteiger partial charge in [0.15, 0.2) is 11.5 Å². The summed E-state index contributed by atoms with van der Waals surface area (Å²) in [5.74, 6) is 2.66. The topological polar surface area (TPSA) is 77.5 Å². The molecule has 0 saturated carbocycles. The Morgan fingerprint density at radius 3 is 2.61 bits per heavy atom. The quantitative estimate of drug-likeness (QED) is 0.470. The zero-order valence-electron chi connectivity index (χ0n) is 22.8. The third-order valence-corrected chi connectivity index (χ3v) is 7.79. The lowest BCUT2D eigenvalue weighted by atomic mass is 9.75. The van der Waals surface area contributed by atoms with E-state index < -0.39 is 11.0 Å². The van der Waals surface area contributed by atoms with Crippen LogP contribution in [0.3, 0.4) is 0 Å². The highest BCUT2D eigenvalue weighted by molar-refractivity contribution is 5.68. The molecule has 0 N–H and O–H groups in total. The second-order valence-corrected chi connectivity index (χ2v) is 11.7. The number of hydrogen-bond acceptors (Lipinski definition) is 6. The molecule has 3 heterocycles. The summed E-state index contributed by atoms with van der Waals surface area (Å²) in [6.07, 6.45) is 12.5. The standard InChI is InChI=1S/C30H38N2O6/c1-29(2,3)38-28(34)31-13-10-21(11-14-31)12-15-32(19-33)24-9-7-5-6-8-22(24)30(4)18-35-25-17-27-26(16-23(25)30)36-20-37-27/h5,7-9,16-17,19,21H,6,10-15,18,20H2,1-4H3. The summed E-state index contributed by atoms with van der Waals surface area (Å²) in [6.45, 7) is 10.5. The molecule has 1 unspecified atom stereocenters. The first-order valence-electron chi connectivity index (χ1n) is 13.5. The molecule has 1 atom stereocenters. The second-order valence-electron chi connectivity index (χ2n) is 11.7. The molecule has 0 spiro atoms. The van der Waals surface area contributed by atoms with Crippen molar-refractivity contribution in [2.45, 2.75) is 64.4 Å². The van der Waals surface area contributed by atoms with Crippen molar-refractivity contribution in [2.24, 2.45) is 5.92 Å². The van der Waals surface area contributed by atoms with Gasteiger partial charge in [-0.3, -0.25) is 4.79 Å². The maximum Gasteiger partial charge on any atom is 0.410 e. The van der Waals surface area contributed by atoms with Gasteiger partial charge in [0.2, 0.25) is 13.2 Å². The number of nitrogens with zero attached hydrogens (tertiary/aromatic N) is 2. The van der Waals surface area contributed by atoms with E-state index in [0.29, 0.717) is 37.9 Å². The Labute approximate surface area is 224 Å². The Hall–Kier alpha value is -3.42. The first kappa shape index (κ1) is 26.2. The van der Waals surface area contributed by atoms with Gasteiger partial charge >= 0.3 is 6.09 Å². The minimum absolute atomic E-state index is 0.211. The lowest BCUT2D eigenvalue weighted by Crippen LogP contribution is -2.42. The van der Waals surface area contributed by atoms with E-state index in [1.165, 1.54) is 0 Å². The molecule has 2 amide bonds. The lowest BCUT2D eigenvalue weighted by Gasteiger charge is -2.35. The van der Waals surface area contributed by atoms with Crippen LogP contribution in [0.4, 0.5) is 4.79 Å². The number of fused-ring (bicyclic) bond motifs is 2. The molecule has 4 aliphatic rings. The van der Waals surface area contributed by atoms with Crippen LogP contribution in [0.2, 0.25) is 0 Å². The summed E-state index contributed by atoms with van der Waals surface area (Å²) in [5.41, 5.74) is 2.09. The van der Waals surface area contributed by atoms with E-state index in [9.17, 15) is 9.59 Å². The molecule has 8 nitrogen and oxygen atoms in total. The molecular weight excluding hydrogens is 484 g/mol. The molecule has 1 saturated heterocycles. The largest absolute Gasteiger partial charge is 0.492 e. The number of amides is 2. The number of ether oxygens (including phenoxy) is 4. The lowest BCUT2D eigenvalue weighted by molar-refractivity contribution is -0.116. The summed E-state index contributed by atoms with van der Waals surface area (Å²) in [5, 5.41) is 0. The van der Waals surface area contributed by atoms with Crippen LogP contribution in [-0.4, -0.2) is 60.9 Å². The van der Waals surface area contributed by atoms with Gasteiger partial charge in [0, 0.05) is 37.0 Å². The number of carbonyl (C=O) groups excluding carboxylic acids is 2. The van der Waals surface area contributed by atoms with Crippen molar-refractivity contribution in [2.75, 3.05) is 33.0 Å². The van der Waals surface area contributed by atoms with Gasteiger partial charge in [0.1, 0.15) is 18.0 Å². The Morgan fingerprint density at radius 1 is 1.16 bits per heavy atom. The molecule has 0 radical (unpaired) electrons. The summed E-state index contributed by atoms with van der Waals surface area (Å²) in [4.78, 5) is 28.5. The zero-order chi connectivity index (χ0) is 26.9. The highest BCUT2D eigenvalue weighted by Gasteiger charge is 2.43.